The monoisotopic (exact) mass is 447 g/mol. The molecular weight excluding hydrogens is 421 g/mol. The van der Waals surface area contributed by atoms with E-state index in [4.69, 9.17) is 4.74 Å². The maximum Gasteiger partial charge on any atom is 0.321 e. The van der Waals surface area contributed by atoms with E-state index in [0.717, 1.165) is 24.2 Å². The van der Waals surface area contributed by atoms with Gasteiger partial charge in [-0.25, -0.2) is 9.18 Å². The maximum atomic E-state index is 14.3. The summed E-state index contributed by atoms with van der Waals surface area (Å²) in [6.07, 6.45) is 1.50. The van der Waals surface area contributed by atoms with Crippen molar-refractivity contribution in [1.82, 2.24) is 10.2 Å². The number of carbonyl (C=O) groups is 2. The molecule has 0 bridgehead atoms. The van der Waals surface area contributed by atoms with Crippen molar-refractivity contribution >= 4 is 17.6 Å². The highest BCUT2D eigenvalue weighted by Gasteiger charge is 2.24. The predicted octanol–water partition coefficient (Wildman–Crippen LogP) is 4.83. The zero-order valence-corrected chi connectivity index (χ0v) is 18.2. The third kappa shape index (κ3) is 6.10. The number of anilines is 1. The third-order valence-corrected chi connectivity index (χ3v) is 5.53. The van der Waals surface area contributed by atoms with Gasteiger partial charge < -0.3 is 20.3 Å². The van der Waals surface area contributed by atoms with Gasteiger partial charge in [0.05, 0.1) is 5.56 Å². The number of hydrogen-bond donors (Lipinski definition) is 2. The molecule has 3 aromatic carbocycles. The molecule has 2 N–H and O–H groups in total. The Labute approximate surface area is 192 Å². The molecule has 4 rings (SSSR count). The number of ether oxygens (including phenoxy) is 1. The minimum absolute atomic E-state index is 0.0576. The van der Waals surface area contributed by atoms with Crippen LogP contribution in [0.15, 0.2) is 78.9 Å². The summed E-state index contributed by atoms with van der Waals surface area (Å²) in [5, 5.41) is 5.48. The van der Waals surface area contributed by atoms with Crippen LogP contribution in [0.5, 0.6) is 5.75 Å². The number of benzene rings is 3. The summed E-state index contributed by atoms with van der Waals surface area (Å²) in [5.74, 6) is -0.353. The van der Waals surface area contributed by atoms with Crippen molar-refractivity contribution in [2.24, 2.45) is 0 Å². The van der Waals surface area contributed by atoms with Gasteiger partial charge in [-0.2, -0.15) is 0 Å². The Kier molecular flexibility index (Phi) is 7.19. The van der Waals surface area contributed by atoms with Crippen molar-refractivity contribution in [2.75, 3.05) is 18.4 Å². The number of nitrogens with one attached hydrogen (secondary N) is 2. The normalized spacial score (nSPS) is 13.9. The summed E-state index contributed by atoms with van der Waals surface area (Å²) >= 11 is 0. The lowest BCUT2D eigenvalue weighted by Gasteiger charge is -2.32. The number of rotatable bonds is 6. The smallest absolute Gasteiger partial charge is 0.321 e. The molecule has 1 heterocycles. The third-order valence-electron chi connectivity index (χ3n) is 5.53. The molecule has 6 nitrogen and oxygen atoms in total. The summed E-state index contributed by atoms with van der Waals surface area (Å²) in [7, 11) is 0. The van der Waals surface area contributed by atoms with E-state index >= 15 is 0 Å². The SMILES string of the molecule is O=C(NCc1ccccc1)c1cc(NC(=O)N2CCC(Oc3ccccc3)CC2)ccc1F. The number of hydrogen-bond acceptors (Lipinski definition) is 3. The second-order valence-electron chi connectivity index (χ2n) is 7.91. The first-order valence-electron chi connectivity index (χ1n) is 11.0. The summed E-state index contributed by atoms with van der Waals surface area (Å²) < 4.78 is 20.2. The van der Waals surface area contributed by atoms with Gasteiger partial charge in [0.2, 0.25) is 0 Å². The van der Waals surface area contributed by atoms with Crippen molar-refractivity contribution in [1.29, 1.82) is 0 Å². The van der Waals surface area contributed by atoms with Gasteiger partial charge in [0, 0.05) is 38.2 Å². The highest BCUT2D eigenvalue weighted by atomic mass is 19.1. The van der Waals surface area contributed by atoms with Crippen LogP contribution in [0.4, 0.5) is 14.9 Å². The molecule has 170 valence electrons. The standard InChI is InChI=1S/C26H26FN3O3/c27-24-12-11-20(17-23(24)25(31)28-18-19-7-3-1-4-8-19)29-26(32)30-15-13-22(14-16-30)33-21-9-5-2-6-10-21/h1-12,17,22H,13-16,18H2,(H,28,31)(H,29,32). The molecule has 1 aliphatic heterocycles. The second-order valence-corrected chi connectivity index (χ2v) is 7.91. The minimum Gasteiger partial charge on any atom is -0.490 e. The van der Waals surface area contributed by atoms with E-state index in [1.807, 2.05) is 60.7 Å². The second kappa shape index (κ2) is 10.6. The highest BCUT2D eigenvalue weighted by Crippen LogP contribution is 2.20. The fourth-order valence-corrected chi connectivity index (χ4v) is 3.72. The molecule has 1 saturated heterocycles. The van der Waals surface area contributed by atoms with Crippen molar-refractivity contribution in [3.8, 4) is 5.75 Å². The van der Waals surface area contributed by atoms with E-state index in [-0.39, 0.29) is 24.2 Å². The van der Waals surface area contributed by atoms with Crippen LogP contribution in [-0.4, -0.2) is 36.0 Å². The lowest BCUT2D eigenvalue weighted by molar-refractivity contribution is 0.0946. The van der Waals surface area contributed by atoms with E-state index < -0.39 is 11.7 Å². The first kappa shape index (κ1) is 22.3. The number of para-hydroxylation sites is 1. The zero-order chi connectivity index (χ0) is 23.0. The quantitative estimate of drug-likeness (QED) is 0.569. The van der Waals surface area contributed by atoms with Crippen molar-refractivity contribution in [3.05, 3.63) is 95.8 Å². The molecule has 0 atom stereocenters. The summed E-state index contributed by atoms with van der Waals surface area (Å²) in [6, 6.07) is 22.7. The zero-order valence-electron chi connectivity index (χ0n) is 18.2. The Morgan fingerprint density at radius 2 is 1.61 bits per heavy atom. The molecule has 7 heteroatoms. The molecule has 0 radical (unpaired) electrons. The van der Waals surface area contributed by atoms with E-state index in [0.29, 0.717) is 18.8 Å². The van der Waals surface area contributed by atoms with Crippen molar-refractivity contribution < 1.29 is 18.7 Å². The molecule has 0 aliphatic carbocycles. The molecule has 33 heavy (non-hydrogen) atoms. The Hall–Kier alpha value is -3.87. The number of carbonyl (C=O) groups excluding carboxylic acids is 2. The molecule has 1 aliphatic rings. The Morgan fingerprint density at radius 1 is 0.939 bits per heavy atom. The first-order valence-corrected chi connectivity index (χ1v) is 11.0. The molecule has 1 fully saturated rings. The Balaban J connectivity index is 1.30. The molecule has 0 spiro atoms. The van der Waals surface area contributed by atoms with Crippen LogP contribution in [0.25, 0.3) is 0 Å². The van der Waals surface area contributed by atoms with Gasteiger partial charge in [-0.1, -0.05) is 48.5 Å². The van der Waals surface area contributed by atoms with Crippen LogP contribution in [0, 0.1) is 5.82 Å². The van der Waals surface area contributed by atoms with E-state index in [1.165, 1.54) is 18.2 Å². The number of likely N-dealkylation sites (tertiary alicyclic amines) is 1. The minimum atomic E-state index is -0.641. The Morgan fingerprint density at radius 3 is 2.30 bits per heavy atom. The van der Waals surface area contributed by atoms with Gasteiger partial charge in [0.15, 0.2) is 0 Å². The van der Waals surface area contributed by atoms with Gasteiger partial charge in [-0.15, -0.1) is 0 Å². The van der Waals surface area contributed by atoms with E-state index in [2.05, 4.69) is 10.6 Å². The number of amides is 3. The number of urea groups is 1. The molecule has 3 amide bonds. The van der Waals surface area contributed by atoms with E-state index in [9.17, 15) is 14.0 Å². The van der Waals surface area contributed by atoms with Crippen LogP contribution in [0.2, 0.25) is 0 Å². The lowest BCUT2D eigenvalue weighted by atomic mass is 10.1. The largest absolute Gasteiger partial charge is 0.490 e. The number of piperidine rings is 1. The Bertz CT molecular complexity index is 1080. The number of halogens is 1. The van der Waals surface area contributed by atoms with Crippen LogP contribution < -0.4 is 15.4 Å². The molecule has 0 aromatic heterocycles. The van der Waals surface area contributed by atoms with Crippen LogP contribution in [0.3, 0.4) is 0 Å². The van der Waals surface area contributed by atoms with Crippen LogP contribution in [0.1, 0.15) is 28.8 Å². The van der Waals surface area contributed by atoms with E-state index in [1.54, 1.807) is 4.90 Å². The molecule has 0 unspecified atom stereocenters. The fourth-order valence-electron chi connectivity index (χ4n) is 3.72. The number of nitrogens with zero attached hydrogens (tertiary/aromatic N) is 1. The molecule has 3 aromatic rings. The summed E-state index contributed by atoms with van der Waals surface area (Å²) in [6.45, 7) is 1.39. The van der Waals surface area contributed by atoms with Gasteiger partial charge in [0.1, 0.15) is 17.7 Å². The van der Waals surface area contributed by atoms with Gasteiger partial charge in [0.25, 0.3) is 5.91 Å². The molecule has 0 saturated carbocycles. The lowest BCUT2D eigenvalue weighted by Crippen LogP contribution is -2.43. The summed E-state index contributed by atoms with van der Waals surface area (Å²) in [5.41, 5.74) is 1.17. The fraction of sp³-hybridized carbons (Fsp3) is 0.231. The highest BCUT2D eigenvalue weighted by molar-refractivity contribution is 5.97. The maximum absolute atomic E-state index is 14.3. The summed E-state index contributed by atoms with van der Waals surface area (Å²) in [4.78, 5) is 26.9. The van der Waals surface area contributed by atoms with Gasteiger partial charge in [-0.3, -0.25) is 4.79 Å². The first-order chi connectivity index (χ1) is 16.1. The van der Waals surface area contributed by atoms with Gasteiger partial charge >= 0.3 is 6.03 Å². The van der Waals surface area contributed by atoms with Crippen LogP contribution in [-0.2, 0) is 6.54 Å². The van der Waals surface area contributed by atoms with Crippen molar-refractivity contribution in [2.45, 2.75) is 25.5 Å². The van der Waals surface area contributed by atoms with Gasteiger partial charge in [-0.05, 0) is 35.9 Å². The predicted molar refractivity (Wildman–Crippen MR) is 125 cm³/mol. The van der Waals surface area contributed by atoms with Crippen LogP contribution >= 0.6 is 0 Å². The van der Waals surface area contributed by atoms with Crippen molar-refractivity contribution in [3.63, 3.8) is 0 Å². The molecular formula is C26H26FN3O3. The average molecular weight is 448 g/mol. The topological polar surface area (TPSA) is 70.7 Å². The average Bonchev–Trinajstić information content (AvgIpc) is 2.85.